The van der Waals surface area contributed by atoms with Gasteiger partial charge in [0, 0.05) is 11.1 Å². The van der Waals surface area contributed by atoms with Gasteiger partial charge in [-0.25, -0.2) is 4.39 Å². The molecular weight excluding hydrogens is 305 g/mol. The van der Waals surface area contributed by atoms with Gasteiger partial charge in [-0.2, -0.15) is 0 Å². The standard InChI is InChI=1S/C20H24FNO2/c1-14(2)13-24-16-11-9-15(10-12-16)19(23)22-20(3,4)17-7-5-6-8-18(17)21/h5-12,14H,13H2,1-4H3,(H,22,23). The first-order valence-corrected chi connectivity index (χ1v) is 8.10. The predicted octanol–water partition coefficient (Wildman–Crippen LogP) is 4.53. The summed E-state index contributed by atoms with van der Waals surface area (Å²) in [6, 6.07) is 13.4. The van der Waals surface area contributed by atoms with Gasteiger partial charge >= 0.3 is 0 Å². The Balaban J connectivity index is 2.07. The van der Waals surface area contributed by atoms with Gasteiger partial charge in [-0.15, -0.1) is 0 Å². The van der Waals surface area contributed by atoms with Crippen molar-refractivity contribution in [3.8, 4) is 5.75 Å². The van der Waals surface area contributed by atoms with Crippen molar-refractivity contribution in [1.29, 1.82) is 0 Å². The first-order valence-electron chi connectivity index (χ1n) is 8.10. The average molecular weight is 329 g/mol. The lowest BCUT2D eigenvalue weighted by Gasteiger charge is -2.27. The van der Waals surface area contributed by atoms with Crippen LogP contribution in [0.5, 0.6) is 5.75 Å². The molecule has 0 atom stereocenters. The second-order valence-electron chi connectivity index (χ2n) is 6.79. The fourth-order valence-electron chi connectivity index (χ4n) is 2.36. The van der Waals surface area contributed by atoms with Crippen LogP contribution in [0.25, 0.3) is 0 Å². The van der Waals surface area contributed by atoms with Crippen LogP contribution in [0.1, 0.15) is 43.6 Å². The molecule has 0 bridgehead atoms. The van der Waals surface area contributed by atoms with E-state index in [0.717, 1.165) is 5.75 Å². The summed E-state index contributed by atoms with van der Waals surface area (Å²) >= 11 is 0. The Hall–Kier alpha value is -2.36. The third-order valence-electron chi connectivity index (χ3n) is 3.67. The normalized spacial score (nSPS) is 11.4. The molecular formula is C20H24FNO2. The Morgan fingerprint density at radius 2 is 1.75 bits per heavy atom. The highest BCUT2D eigenvalue weighted by molar-refractivity contribution is 5.94. The number of benzene rings is 2. The summed E-state index contributed by atoms with van der Waals surface area (Å²) in [7, 11) is 0. The van der Waals surface area contributed by atoms with Gasteiger partial charge in [-0.3, -0.25) is 4.79 Å². The molecule has 0 aromatic heterocycles. The van der Waals surface area contributed by atoms with Crippen molar-refractivity contribution >= 4 is 5.91 Å². The molecule has 4 heteroatoms. The first-order chi connectivity index (χ1) is 11.3. The Morgan fingerprint density at radius 3 is 2.33 bits per heavy atom. The molecule has 24 heavy (non-hydrogen) atoms. The molecule has 0 aliphatic rings. The second-order valence-corrected chi connectivity index (χ2v) is 6.79. The Morgan fingerprint density at radius 1 is 1.12 bits per heavy atom. The van der Waals surface area contributed by atoms with Crippen LogP contribution in [0, 0.1) is 11.7 Å². The van der Waals surface area contributed by atoms with Gasteiger partial charge in [-0.1, -0.05) is 32.0 Å². The third kappa shape index (κ3) is 4.57. The van der Waals surface area contributed by atoms with Crippen LogP contribution in [0.15, 0.2) is 48.5 Å². The smallest absolute Gasteiger partial charge is 0.251 e. The molecule has 3 nitrogen and oxygen atoms in total. The number of carbonyl (C=O) groups is 1. The Bertz CT molecular complexity index is 693. The second kappa shape index (κ2) is 7.47. The molecule has 0 heterocycles. The highest BCUT2D eigenvalue weighted by atomic mass is 19.1. The number of rotatable bonds is 6. The number of ether oxygens (including phenoxy) is 1. The van der Waals surface area contributed by atoms with Gasteiger partial charge in [0.15, 0.2) is 0 Å². The molecule has 0 radical (unpaired) electrons. The number of hydrogen-bond donors (Lipinski definition) is 1. The Kier molecular flexibility index (Phi) is 5.60. The maximum Gasteiger partial charge on any atom is 0.251 e. The molecule has 1 amide bonds. The van der Waals surface area contributed by atoms with Crippen molar-refractivity contribution in [2.45, 2.75) is 33.2 Å². The molecule has 2 aromatic carbocycles. The number of carbonyl (C=O) groups excluding carboxylic acids is 1. The molecule has 0 aliphatic carbocycles. The molecule has 0 unspecified atom stereocenters. The number of amides is 1. The minimum atomic E-state index is -0.810. The van der Waals surface area contributed by atoms with E-state index >= 15 is 0 Å². The zero-order valence-corrected chi connectivity index (χ0v) is 14.6. The largest absolute Gasteiger partial charge is 0.493 e. The molecule has 0 fully saturated rings. The van der Waals surface area contributed by atoms with Crippen LogP contribution in [-0.2, 0) is 5.54 Å². The zero-order chi connectivity index (χ0) is 17.7. The van der Waals surface area contributed by atoms with E-state index in [4.69, 9.17) is 4.74 Å². The van der Waals surface area contributed by atoms with E-state index < -0.39 is 5.54 Å². The van der Waals surface area contributed by atoms with E-state index in [-0.39, 0.29) is 11.7 Å². The molecule has 128 valence electrons. The van der Waals surface area contributed by atoms with Crippen LogP contribution >= 0.6 is 0 Å². The summed E-state index contributed by atoms with van der Waals surface area (Å²) in [5.41, 5.74) is 0.154. The van der Waals surface area contributed by atoms with E-state index in [2.05, 4.69) is 19.2 Å². The van der Waals surface area contributed by atoms with Crippen molar-refractivity contribution in [1.82, 2.24) is 5.32 Å². The van der Waals surface area contributed by atoms with Gasteiger partial charge in [0.2, 0.25) is 0 Å². The topological polar surface area (TPSA) is 38.3 Å². The van der Waals surface area contributed by atoms with Crippen molar-refractivity contribution in [3.63, 3.8) is 0 Å². The molecule has 0 saturated heterocycles. The fourth-order valence-corrected chi connectivity index (χ4v) is 2.36. The summed E-state index contributed by atoms with van der Waals surface area (Å²) in [6.07, 6.45) is 0. The number of nitrogens with one attached hydrogen (secondary N) is 1. The minimum absolute atomic E-state index is 0.251. The van der Waals surface area contributed by atoms with Gasteiger partial charge in [0.1, 0.15) is 11.6 Å². The summed E-state index contributed by atoms with van der Waals surface area (Å²) in [6.45, 7) is 8.35. The van der Waals surface area contributed by atoms with Gasteiger partial charge in [0.05, 0.1) is 12.1 Å². The van der Waals surface area contributed by atoms with E-state index in [1.54, 1.807) is 56.3 Å². The molecule has 0 aliphatic heterocycles. The summed E-state index contributed by atoms with van der Waals surface area (Å²) < 4.78 is 19.6. The lowest BCUT2D eigenvalue weighted by Crippen LogP contribution is -2.41. The summed E-state index contributed by atoms with van der Waals surface area (Å²) in [5, 5.41) is 2.88. The molecule has 0 saturated carbocycles. The van der Waals surface area contributed by atoms with E-state index in [0.29, 0.717) is 23.7 Å². The lowest BCUT2D eigenvalue weighted by molar-refractivity contribution is 0.0910. The predicted molar refractivity (Wildman–Crippen MR) is 93.7 cm³/mol. The summed E-state index contributed by atoms with van der Waals surface area (Å²) in [5.74, 6) is 0.585. The van der Waals surface area contributed by atoms with Crippen molar-refractivity contribution in [2.24, 2.45) is 5.92 Å². The van der Waals surface area contributed by atoms with Gasteiger partial charge < -0.3 is 10.1 Å². The summed E-state index contributed by atoms with van der Waals surface area (Å²) in [4.78, 5) is 12.4. The Labute approximate surface area is 142 Å². The quantitative estimate of drug-likeness (QED) is 0.846. The highest BCUT2D eigenvalue weighted by Gasteiger charge is 2.26. The lowest BCUT2D eigenvalue weighted by atomic mass is 9.93. The third-order valence-corrected chi connectivity index (χ3v) is 3.67. The van der Waals surface area contributed by atoms with E-state index in [1.807, 2.05) is 0 Å². The maximum atomic E-state index is 14.0. The maximum absolute atomic E-state index is 14.0. The van der Waals surface area contributed by atoms with E-state index in [1.165, 1.54) is 6.07 Å². The highest BCUT2D eigenvalue weighted by Crippen LogP contribution is 2.23. The molecule has 0 spiro atoms. The van der Waals surface area contributed by atoms with E-state index in [9.17, 15) is 9.18 Å². The molecule has 2 rings (SSSR count). The van der Waals surface area contributed by atoms with Crippen LogP contribution in [-0.4, -0.2) is 12.5 Å². The van der Waals surface area contributed by atoms with Gasteiger partial charge in [-0.05, 0) is 50.1 Å². The molecule has 2 aromatic rings. The number of halogens is 1. The minimum Gasteiger partial charge on any atom is -0.493 e. The first kappa shape index (κ1) is 18.0. The van der Waals surface area contributed by atoms with Crippen LogP contribution in [0.3, 0.4) is 0 Å². The van der Waals surface area contributed by atoms with Crippen molar-refractivity contribution in [2.75, 3.05) is 6.61 Å². The van der Waals surface area contributed by atoms with Crippen LogP contribution in [0.4, 0.5) is 4.39 Å². The monoisotopic (exact) mass is 329 g/mol. The molecule has 1 N–H and O–H groups in total. The fraction of sp³-hybridized carbons (Fsp3) is 0.350. The van der Waals surface area contributed by atoms with Crippen molar-refractivity contribution < 1.29 is 13.9 Å². The average Bonchev–Trinajstić information content (AvgIpc) is 2.53. The van der Waals surface area contributed by atoms with Crippen LogP contribution in [0.2, 0.25) is 0 Å². The van der Waals surface area contributed by atoms with Crippen LogP contribution < -0.4 is 10.1 Å². The zero-order valence-electron chi connectivity index (χ0n) is 14.6. The number of hydrogen-bond acceptors (Lipinski definition) is 2. The van der Waals surface area contributed by atoms with Crippen molar-refractivity contribution in [3.05, 3.63) is 65.5 Å². The SMILES string of the molecule is CC(C)COc1ccc(C(=O)NC(C)(C)c2ccccc2F)cc1. The van der Waals surface area contributed by atoms with Gasteiger partial charge in [0.25, 0.3) is 5.91 Å².